The SMILES string of the molecule is C=C1NC(=O)C(C(C)C)NC2C=Cc3c(C(C)O)cc(nc3C2O)C(=O)OC(C)C2NC(=O)c3csc(n3)C(C(C)(O)C(C)O)NC(=O)C3CSC(=N3)/C(=C/C)NC(=O)C(C(C)O)NC(=O)c3csc(n3)C3(CCC(c4nc(C(=O)NC(=C)C(=O)NC(=C)C(=O)OC)cs4)=NC3c3csc2n3)NC(=O)C(C)NC(=O)C(=C)NC1=O. The van der Waals surface area contributed by atoms with Crippen LogP contribution in [-0.4, -0.2) is 199 Å². The molecule has 114 heavy (non-hydrogen) atoms. The molecule has 0 spiro atoms. The average Bonchev–Trinajstić information content (AvgIpc) is 1.49. The second kappa shape index (κ2) is 35.3. The fraction of sp³-hybridized carbons (Fsp3) is 0.403. The van der Waals surface area contributed by atoms with Crippen LogP contribution < -0.4 is 58.5 Å². The summed E-state index contributed by atoms with van der Waals surface area (Å²) < 4.78 is 10.8. The number of carbonyl (C=O) groups excluding carboxylic acids is 12. The molecular weight excluding hydrogens is 1580 g/mol. The van der Waals surface area contributed by atoms with Crippen molar-refractivity contribution in [1.82, 2.24) is 83.4 Å². The highest BCUT2D eigenvalue weighted by Crippen LogP contribution is 2.48. The molecule has 604 valence electrons. The molecule has 16 N–H and O–H groups in total. The van der Waals surface area contributed by atoms with E-state index >= 15 is 14.4 Å². The fourth-order valence-electron chi connectivity index (χ4n) is 12.2. The number of thioether (sulfide) groups is 1. The van der Waals surface area contributed by atoms with E-state index in [1.165, 1.54) is 87.4 Å². The summed E-state index contributed by atoms with van der Waals surface area (Å²) in [4.78, 5) is 203. The quantitative estimate of drug-likeness (QED) is 0.0652. The Balaban J connectivity index is 1.17. The molecule has 37 nitrogen and oxygen atoms in total. The van der Waals surface area contributed by atoms with Crippen molar-refractivity contribution >= 4 is 145 Å². The minimum atomic E-state index is -2.21. The molecule has 13 bridgehead atoms. The number of aromatic nitrogens is 5. The first kappa shape index (κ1) is 85.6. The molecule has 1 aliphatic carbocycles. The number of hydrogen-bond donors (Lipinski definition) is 16. The summed E-state index contributed by atoms with van der Waals surface area (Å²) in [5, 5.41) is 91.6. The number of pyridine rings is 1. The van der Waals surface area contributed by atoms with Crippen LogP contribution in [0.3, 0.4) is 0 Å². The number of ether oxygens (including phenoxy) is 2. The van der Waals surface area contributed by atoms with Crippen LogP contribution in [0.4, 0.5) is 0 Å². The number of fused-ring (bicyclic) bond motifs is 7. The molecule has 9 heterocycles. The molecule has 5 aliphatic rings. The van der Waals surface area contributed by atoms with E-state index in [4.69, 9.17) is 19.7 Å². The summed E-state index contributed by atoms with van der Waals surface area (Å²) >= 11 is 4.40. The number of methoxy groups -OCH3 is 1. The van der Waals surface area contributed by atoms with E-state index in [1.54, 1.807) is 20.8 Å². The third-order valence-corrected chi connectivity index (χ3v) is 23.7. The number of nitrogens with zero attached hydrogens (tertiary/aromatic N) is 7. The summed E-state index contributed by atoms with van der Waals surface area (Å²) in [6, 6.07) is -10.4. The van der Waals surface area contributed by atoms with Gasteiger partial charge in [-0.3, -0.25) is 63.2 Å². The van der Waals surface area contributed by atoms with Crippen LogP contribution in [0.25, 0.3) is 6.08 Å². The number of aliphatic hydroxyl groups excluding tert-OH is 4. The lowest BCUT2D eigenvalue weighted by Crippen LogP contribution is -2.57. The molecule has 10 amide bonds. The minimum absolute atomic E-state index is 0.0184. The van der Waals surface area contributed by atoms with E-state index in [2.05, 4.69) is 109 Å². The first-order chi connectivity index (χ1) is 53.7. The Bertz CT molecular complexity index is 4940. The highest BCUT2D eigenvalue weighted by Gasteiger charge is 2.51. The topological polar surface area (TPSA) is 546 Å². The van der Waals surface area contributed by atoms with Crippen molar-refractivity contribution < 1.29 is 92.5 Å². The number of hydrogen-bond acceptors (Lipinski definition) is 32. The third-order valence-electron chi connectivity index (χ3n) is 18.8. The predicted molar refractivity (Wildman–Crippen MR) is 416 cm³/mol. The van der Waals surface area contributed by atoms with Gasteiger partial charge < -0.3 is 88.2 Å². The zero-order valence-electron chi connectivity index (χ0n) is 62.8. The van der Waals surface area contributed by atoms with E-state index in [0.717, 1.165) is 64.2 Å². The maximum atomic E-state index is 15.4. The Hall–Kier alpha value is -10.8. The summed E-state index contributed by atoms with van der Waals surface area (Å²) in [5.41, 5.74) is -7.73. The van der Waals surface area contributed by atoms with Crippen molar-refractivity contribution in [1.29, 1.82) is 0 Å². The predicted octanol–water partition coefficient (Wildman–Crippen LogP) is 1.20. The second-order valence-corrected chi connectivity index (χ2v) is 32.0. The van der Waals surface area contributed by atoms with Crippen molar-refractivity contribution in [3.05, 3.63) is 160 Å². The van der Waals surface area contributed by atoms with E-state index < -0.39 is 201 Å². The number of thiazole rings is 4. The number of amides is 10. The Morgan fingerprint density at radius 3 is 2.10 bits per heavy atom. The second-order valence-electron chi connectivity index (χ2n) is 27.5. The van der Waals surface area contributed by atoms with Crippen LogP contribution in [0.2, 0.25) is 0 Å². The number of rotatable bonds is 11. The Labute approximate surface area is 670 Å². The van der Waals surface area contributed by atoms with Crippen LogP contribution >= 0.6 is 57.1 Å². The molecule has 4 aliphatic heterocycles. The molecule has 42 heteroatoms. The first-order valence-electron chi connectivity index (χ1n) is 35.1. The number of allylic oxidation sites excluding steroid dienone is 1. The Kier molecular flexibility index (Phi) is 26.5. The lowest BCUT2D eigenvalue weighted by atomic mass is 9.80. The number of esters is 2. The highest BCUT2D eigenvalue weighted by molar-refractivity contribution is 8.14. The van der Waals surface area contributed by atoms with Gasteiger partial charge in [0.25, 0.3) is 35.4 Å². The number of aliphatic hydroxyl groups is 5. The highest BCUT2D eigenvalue weighted by atomic mass is 32.2. The smallest absolute Gasteiger partial charge is 0.357 e. The van der Waals surface area contributed by atoms with Gasteiger partial charge >= 0.3 is 11.9 Å². The van der Waals surface area contributed by atoms with Crippen LogP contribution in [0, 0.1) is 5.92 Å². The van der Waals surface area contributed by atoms with Crippen molar-refractivity contribution in [3.63, 3.8) is 0 Å². The molecular formula is C72H82N18O19S5. The standard InChI is InChI=1S/C72H82N18O19S5/c1-15-38-64-83-45(23-110-64)61(102)89-53(71(13,107)35(12)93)67-85-44(24-113-67)59(100)88-49-34(11)109-69(106)41-20-37(32(9)91)36-16-17-39(51(94)50(36)79-41)78-47(26(2)3)62(103)76-29(6)55(96)73-27(4)54(95)74-30(7)57(98)90-72(70-86-46(25-114-70)60(101)87-48(33(10)92)63(104)81-38)19-18-40(80-52(72)42-21-112-66(49)82-42)65-84-43(22-111-65)58(99)75-28(5)56(97)77-31(8)68(105)108-14/h15-17,20-22,24-26,30,32-35,39,45,47-49,51-53,78,91-94,107H,4-6,8,18-19,23H2,1-3,7,9-14H3,(H,73,96)(H,74,95)(H,75,99)(H,76,103)(H,77,97)(H,81,104)(H,87,101)(H,88,100)(H,89,102)(H,90,98)/b38-15-. The van der Waals surface area contributed by atoms with Crippen LogP contribution in [0.15, 0.2) is 105 Å². The molecule has 5 aromatic heterocycles. The van der Waals surface area contributed by atoms with Crippen LogP contribution in [0.5, 0.6) is 0 Å². The van der Waals surface area contributed by atoms with Crippen LogP contribution in [0.1, 0.15) is 190 Å². The van der Waals surface area contributed by atoms with Crippen molar-refractivity contribution in [2.24, 2.45) is 15.9 Å². The molecule has 0 fully saturated rings. The molecule has 0 saturated carbocycles. The molecule has 15 unspecified atom stereocenters. The lowest BCUT2D eigenvalue weighted by Gasteiger charge is -2.41. The normalized spacial score (nSPS) is 26.0. The van der Waals surface area contributed by atoms with E-state index in [0.29, 0.717) is 0 Å². The molecule has 15 atom stereocenters. The minimum Gasteiger partial charge on any atom is -0.464 e. The average molecular weight is 1660 g/mol. The molecule has 5 aromatic rings. The van der Waals surface area contributed by atoms with Crippen LogP contribution in [-0.2, 0) is 53.4 Å². The number of cyclic esters (lactones) is 1. The number of aliphatic imine (C=N–C) groups is 2. The van der Waals surface area contributed by atoms with Gasteiger partial charge in [0, 0.05) is 32.8 Å². The number of carbonyl (C=O) groups is 12. The summed E-state index contributed by atoms with van der Waals surface area (Å²) in [6.45, 7) is 27.0. The molecule has 0 aromatic carbocycles. The lowest BCUT2D eigenvalue weighted by molar-refractivity contribution is -0.137. The Morgan fingerprint density at radius 1 is 0.746 bits per heavy atom. The molecule has 0 saturated heterocycles. The van der Waals surface area contributed by atoms with Crippen molar-refractivity contribution in [3.8, 4) is 0 Å². The van der Waals surface area contributed by atoms with Gasteiger partial charge in [0.15, 0.2) is 0 Å². The van der Waals surface area contributed by atoms with Gasteiger partial charge in [-0.1, -0.05) is 58.4 Å². The summed E-state index contributed by atoms with van der Waals surface area (Å²) in [5.74, 6) is -12.6. The zero-order chi connectivity index (χ0) is 83.4. The first-order valence-corrected chi connectivity index (χ1v) is 39.6. The van der Waals surface area contributed by atoms with Gasteiger partial charge in [0.05, 0.1) is 77.4 Å². The third kappa shape index (κ3) is 18.5. The summed E-state index contributed by atoms with van der Waals surface area (Å²) in [6.07, 6.45) is -3.71. The van der Waals surface area contributed by atoms with Crippen molar-refractivity contribution in [2.45, 2.75) is 165 Å². The summed E-state index contributed by atoms with van der Waals surface area (Å²) in [7, 11) is 1.06. The number of nitrogens with one attached hydrogen (secondary N) is 11. The van der Waals surface area contributed by atoms with E-state index in [-0.39, 0.29) is 89.0 Å². The van der Waals surface area contributed by atoms with Gasteiger partial charge in [0.2, 0.25) is 23.6 Å². The van der Waals surface area contributed by atoms with Gasteiger partial charge in [-0.25, -0.2) is 34.5 Å². The maximum absolute atomic E-state index is 15.4. The molecule has 0 radical (unpaired) electrons. The van der Waals surface area contributed by atoms with Gasteiger partial charge in [-0.05, 0) is 78.9 Å². The van der Waals surface area contributed by atoms with Crippen molar-refractivity contribution in [2.75, 3.05) is 12.9 Å². The fourth-order valence-corrected chi connectivity index (χ4v) is 17.0. The monoisotopic (exact) mass is 1660 g/mol. The molecule has 10 rings (SSSR count). The maximum Gasteiger partial charge on any atom is 0.357 e. The zero-order valence-corrected chi connectivity index (χ0v) is 66.9. The van der Waals surface area contributed by atoms with Gasteiger partial charge in [-0.15, -0.1) is 57.1 Å². The largest absolute Gasteiger partial charge is 0.464 e. The van der Waals surface area contributed by atoms with Gasteiger partial charge in [-0.2, -0.15) is 0 Å². The Morgan fingerprint density at radius 2 is 1.42 bits per heavy atom. The van der Waals surface area contributed by atoms with E-state index in [1.807, 2.05) is 0 Å². The van der Waals surface area contributed by atoms with E-state index in [9.17, 15) is 68.7 Å². The van der Waals surface area contributed by atoms with Gasteiger partial charge in [0.1, 0.15) is 113 Å².